The van der Waals surface area contributed by atoms with E-state index in [0.717, 1.165) is 19.5 Å². The second kappa shape index (κ2) is 10.7. The zero-order chi connectivity index (χ0) is 19.7. The van der Waals surface area contributed by atoms with Gasteiger partial charge < -0.3 is 20.3 Å². The van der Waals surface area contributed by atoms with Gasteiger partial charge in [0.05, 0.1) is 38.3 Å². The van der Waals surface area contributed by atoms with E-state index in [4.69, 9.17) is 17.0 Å². The van der Waals surface area contributed by atoms with Crippen LogP contribution < -0.4 is 20.3 Å². The Balaban J connectivity index is 2.92. The SMILES string of the molecule is CCN(CC)S(=O)(=O)c1ccc(OC)c(NC(=S)NCCC[NH+](C)C)c1. The summed E-state index contributed by atoms with van der Waals surface area (Å²) < 4.78 is 32.2. The Morgan fingerprint density at radius 2 is 1.92 bits per heavy atom. The minimum atomic E-state index is -3.54. The Bertz CT molecular complexity index is 689. The topological polar surface area (TPSA) is 75.1 Å². The smallest absolute Gasteiger partial charge is 0.243 e. The molecule has 7 nitrogen and oxygen atoms in total. The zero-order valence-electron chi connectivity index (χ0n) is 16.3. The average molecular weight is 404 g/mol. The van der Waals surface area contributed by atoms with Crippen LogP contribution in [0.3, 0.4) is 0 Å². The van der Waals surface area contributed by atoms with Crippen LogP contribution in [0, 0.1) is 0 Å². The zero-order valence-corrected chi connectivity index (χ0v) is 17.9. The van der Waals surface area contributed by atoms with Crippen molar-refractivity contribution in [2.75, 3.05) is 52.7 Å². The lowest BCUT2D eigenvalue weighted by Gasteiger charge is -2.20. The van der Waals surface area contributed by atoms with E-state index in [1.54, 1.807) is 18.2 Å². The number of anilines is 1. The highest BCUT2D eigenvalue weighted by Crippen LogP contribution is 2.28. The van der Waals surface area contributed by atoms with Gasteiger partial charge in [0.15, 0.2) is 5.11 Å². The van der Waals surface area contributed by atoms with Crippen molar-refractivity contribution in [3.8, 4) is 5.75 Å². The second-order valence-electron chi connectivity index (χ2n) is 6.14. The van der Waals surface area contributed by atoms with Crippen LogP contribution >= 0.6 is 12.2 Å². The first kappa shape index (κ1) is 22.6. The van der Waals surface area contributed by atoms with Gasteiger partial charge in [-0.1, -0.05) is 13.8 Å². The van der Waals surface area contributed by atoms with E-state index in [0.29, 0.717) is 29.6 Å². The lowest BCUT2D eigenvalue weighted by molar-refractivity contribution is -0.858. The summed E-state index contributed by atoms with van der Waals surface area (Å²) >= 11 is 5.31. The monoisotopic (exact) mass is 403 g/mol. The van der Waals surface area contributed by atoms with Gasteiger partial charge in [-0.25, -0.2) is 8.42 Å². The molecule has 0 aliphatic heterocycles. The number of methoxy groups -OCH3 is 1. The van der Waals surface area contributed by atoms with Gasteiger partial charge in [0, 0.05) is 26.1 Å². The number of quaternary nitrogens is 1. The van der Waals surface area contributed by atoms with E-state index in [1.165, 1.54) is 16.3 Å². The summed E-state index contributed by atoms with van der Waals surface area (Å²) in [5.41, 5.74) is 0.525. The molecule has 1 aromatic carbocycles. The third kappa shape index (κ3) is 6.39. The molecule has 0 bridgehead atoms. The number of benzene rings is 1. The van der Waals surface area contributed by atoms with Crippen molar-refractivity contribution in [1.82, 2.24) is 9.62 Å². The van der Waals surface area contributed by atoms with Gasteiger partial charge in [-0.15, -0.1) is 0 Å². The van der Waals surface area contributed by atoms with E-state index in [2.05, 4.69) is 24.7 Å². The summed E-state index contributed by atoms with van der Waals surface area (Å²) in [4.78, 5) is 1.59. The van der Waals surface area contributed by atoms with Crippen molar-refractivity contribution < 1.29 is 18.1 Å². The molecule has 3 N–H and O–H groups in total. The number of ether oxygens (including phenoxy) is 1. The number of thiocarbonyl (C=S) groups is 1. The lowest BCUT2D eigenvalue weighted by atomic mass is 10.3. The Morgan fingerprint density at radius 3 is 2.46 bits per heavy atom. The second-order valence-corrected chi connectivity index (χ2v) is 8.49. The quantitative estimate of drug-likeness (QED) is 0.391. The molecule has 0 spiro atoms. The molecule has 26 heavy (non-hydrogen) atoms. The predicted molar refractivity (Wildman–Crippen MR) is 110 cm³/mol. The largest absolute Gasteiger partial charge is 0.495 e. The molecule has 0 unspecified atom stereocenters. The first-order chi connectivity index (χ1) is 12.3. The number of nitrogens with zero attached hydrogens (tertiary/aromatic N) is 1. The normalized spacial score (nSPS) is 11.7. The molecule has 0 aromatic heterocycles. The van der Waals surface area contributed by atoms with E-state index < -0.39 is 10.0 Å². The van der Waals surface area contributed by atoms with Crippen LogP contribution in [0.15, 0.2) is 23.1 Å². The molecule has 0 aliphatic rings. The van der Waals surface area contributed by atoms with Crippen LogP contribution in [-0.2, 0) is 10.0 Å². The van der Waals surface area contributed by atoms with Gasteiger partial charge in [0.2, 0.25) is 10.0 Å². The van der Waals surface area contributed by atoms with E-state index in [9.17, 15) is 8.42 Å². The molecule has 0 radical (unpaired) electrons. The summed E-state index contributed by atoms with van der Waals surface area (Å²) in [6.07, 6.45) is 0.984. The van der Waals surface area contributed by atoms with Crippen LogP contribution in [0.4, 0.5) is 5.69 Å². The first-order valence-electron chi connectivity index (χ1n) is 8.78. The van der Waals surface area contributed by atoms with Crippen LogP contribution in [-0.4, -0.2) is 65.2 Å². The lowest BCUT2D eigenvalue weighted by Crippen LogP contribution is -3.05. The highest BCUT2D eigenvalue weighted by molar-refractivity contribution is 7.89. The number of hydrogen-bond donors (Lipinski definition) is 3. The molecule has 0 heterocycles. The van der Waals surface area contributed by atoms with Crippen molar-refractivity contribution in [1.29, 1.82) is 0 Å². The highest BCUT2D eigenvalue weighted by atomic mass is 32.2. The summed E-state index contributed by atoms with van der Waals surface area (Å²) in [6.45, 7) is 6.26. The van der Waals surface area contributed by atoms with Crippen molar-refractivity contribution in [2.24, 2.45) is 0 Å². The van der Waals surface area contributed by atoms with Gasteiger partial charge in [-0.05, 0) is 30.4 Å². The van der Waals surface area contributed by atoms with Crippen LogP contribution in [0.1, 0.15) is 20.3 Å². The number of hydrogen-bond acceptors (Lipinski definition) is 4. The summed E-state index contributed by atoms with van der Waals surface area (Å²) in [7, 11) is 2.19. The fourth-order valence-corrected chi connectivity index (χ4v) is 4.16. The van der Waals surface area contributed by atoms with E-state index >= 15 is 0 Å². The third-order valence-corrected chi connectivity index (χ3v) is 6.19. The van der Waals surface area contributed by atoms with Gasteiger partial charge >= 0.3 is 0 Å². The summed E-state index contributed by atoms with van der Waals surface area (Å²) in [5, 5.41) is 6.61. The van der Waals surface area contributed by atoms with E-state index in [-0.39, 0.29) is 4.90 Å². The molecule has 148 valence electrons. The molecule has 1 aromatic rings. The molecule has 0 saturated carbocycles. The molecule has 0 aliphatic carbocycles. The molecular weight excluding hydrogens is 372 g/mol. The predicted octanol–water partition coefficient (Wildman–Crippen LogP) is 0.547. The van der Waals surface area contributed by atoms with Crippen molar-refractivity contribution >= 4 is 33.0 Å². The van der Waals surface area contributed by atoms with Gasteiger partial charge in [0.25, 0.3) is 0 Å². The third-order valence-electron chi connectivity index (χ3n) is 3.90. The highest BCUT2D eigenvalue weighted by Gasteiger charge is 2.23. The summed E-state index contributed by atoms with van der Waals surface area (Å²) in [6, 6.07) is 4.75. The van der Waals surface area contributed by atoms with E-state index in [1.807, 2.05) is 13.8 Å². The number of rotatable bonds is 10. The Labute approximate surface area is 162 Å². The molecule has 0 amide bonds. The van der Waals surface area contributed by atoms with Crippen molar-refractivity contribution in [3.63, 3.8) is 0 Å². The van der Waals surface area contributed by atoms with Crippen LogP contribution in [0.2, 0.25) is 0 Å². The van der Waals surface area contributed by atoms with Crippen molar-refractivity contribution in [3.05, 3.63) is 18.2 Å². The Morgan fingerprint density at radius 1 is 1.27 bits per heavy atom. The van der Waals surface area contributed by atoms with Gasteiger partial charge in [0.1, 0.15) is 5.75 Å². The average Bonchev–Trinajstić information content (AvgIpc) is 2.59. The molecule has 1 rings (SSSR count). The van der Waals surface area contributed by atoms with Gasteiger partial charge in [-0.2, -0.15) is 4.31 Å². The standard InChI is InChI=1S/C17H30N4O3S2/c1-6-21(7-2)26(22,23)14-9-10-16(24-5)15(13-14)19-17(25)18-11-8-12-20(3)4/h9-10,13H,6-8,11-12H2,1-5H3,(H2,18,19,25)/p+1. The minimum Gasteiger partial charge on any atom is -0.495 e. The van der Waals surface area contributed by atoms with Gasteiger partial charge in [-0.3, -0.25) is 0 Å². The molecule has 0 saturated heterocycles. The maximum atomic E-state index is 12.7. The molecule has 0 atom stereocenters. The molecule has 0 fully saturated rings. The first-order valence-corrected chi connectivity index (χ1v) is 10.6. The van der Waals surface area contributed by atoms with Crippen LogP contribution in [0.5, 0.6) is 5.75 Å². The Hall–Kier alpha value is -1.42. The maximum Gasteiger partial charge on any atom is 0.243 e. The number of sulfonamides is 1. The number of nitrogens with one attached hydrogen (secondary N) is 3. The van der Waals surface area contributed by atoms with Crippen LogP contribution in [0.25, 0.3) is 0 Å². The fraction of sp³-hybridized carbons (Fsp3) is 0.588. The summed E-state index contributed by atoms with van der Waals surface area (Å²) in [5.74, 6) is 0.533. The van der Waals surface area contributed by atoms with Crippen molar-refractivity contribution in [2.45, 2.75) is 25.2 Å². The fourth-order valence-electron chi connectivity index (χ4n) is 2.47. The maximum absolute atomic E-state index is 12.7. The minimum absolute atomic E-state index is 0.212. The molecule has 9 heteroatoms. The Kier molecular flexibility index (Phi) is 9.28. The molecular formula is C17H31N4O3S2+.